The Morgan fingerprint density at radius 2 is 0.653 bits per heavy atom. The van der Waals surface area contributed by atoms with E-state index in [0.29, 0.717) is 0 Å². The second-order valence-electron chi connectivity index (χ2n) is 20.9. The topological polar surface area (TPSA) is 43.8 Å². The van der Waals surface area contributed by atoms with Gasteiger partial charge in [0.05, 0.1) is 33.1 Å². The number of hydrogen-bond acceptors (Lipinski definition) is 3. The normalized spacial score (nSPS) is 12.0. The van der Waals surface area contributed by atoms with Crippen LogP contribution in [0.4, 0.5) is 0 Å². The highest BCUT2D eigenvalue weighted by Crippen LogP contribution is 2.47. The molecule has 0 aliphatic rings. The molecule has 0 fully saturated rings. The summed E-state index contributed by atoms with van der Waals surface area (Å²) in [5.74, 6) is 1.46. The first kappa shape index (κ1) is 44.6. The largest absolute Gasteiger partial charge is 0.457 e. The van der Waals surface area contributed by atoms with Gasteiger partial charge in [0.1, 0.15) is 22.8 Å². The molecule has 4 aromatic heterocycles. The summed E-state index contributed by atoms with van der Waals surface area (Å²) in [5, 5.41) is 6.61. The third kappa shape index (κ3) is 6.77. The van der Waals surface area contributed by atoms with Crippen LogP contribution in [0.2, 0.25) is 0 Å². The molecule has 5 heteroatoms. The molecule has 0 aliphatic carbocycles. The van der Waals surface area contributed by atoms with Crippen LogP contribution in [0.5, 0.6) is 11.5 Å². The molecule has 0 unspecified atom stereocenters. The van der Waals surface area contributed by atoms with Crippen molar-refractivity contribution in [1.29, 1.82) is 0 Å². The van der Waals surface area contributed by atoms with Gasteiger partial charge in [-0.1, -0.05) is 97.1 Å². The summed E-state index contributed by atoms with van der Waals surface area (Å²) in [5.41, 5.74) is 27.9. The van der Waals surface area contributed by atoms with Crippen molar-refractivity contribution in [1.82, 2.24) is 18.8 Å². The molecule has 0 radical (unpaired) electrons. The van der Waals surface area contributed by atoms with E-state index in [9.17, 15) is 0 Å². The van der Waals surface area contributed by atoms with Crippen molar-refractivity contribution in [2.24, 2.45) is 0 Å². The summed E-state index contributed by atoms with van der Waals surface area (Å²) >= 11 is 0. The Morgan fingerprint density at radius 1 is 0.307 bits per heavy atom. The van der Waals surface area contributed by atoms with E-state index in [2.05, 4.69) is 246 Å². The van der Waals surface area contributed by atoms with Crippen LogP contribution in [0.25, 0.3) is 121 Å². The number of ether oxygens (including phenoxy) is 1. The average molecular weight is 967 g/mol. The Bertz CT molecular complexity index is 4400. The Kier molecular flexibility index (Phi) is 9.96. The number of hydrogen-bond donors (Lipinski definition) is 0. The lowest BCUT2D eigenvalue weighted by Crippen LogP contribution is -1.99. The van der Waals surface area contributed by atoms with Crippen LogP contribution in [0.15, 0.2) is 182 Å². The molecule has 0 N–H and O–H groups in total. The molecule has 0 aliphatic heterocycles. The number of benzene rings is 10. The quantitative estimate of drug-likeness (QED) is 0.156. The number of aryl methyl sites for hydroxylation is 8. The number of pyridine rings is 2. The smallest absolute Gasteiger partial charge is 0.146 e. The molecule has 0 atom stereocenters. The van der Waals surface area contributed by atoms with E-state index in [1.165, 1.54) is 89.0 Å². The first-order valence-corrected chi connectivity index (χ1v) is 26.1. The Labute approximate surface area is 436 Å². The predicted molar refractivity (Wildman–Crippen MR) is 315 cm³/mol. The Hall–Kier alpha value is -9.06. The average Bonchev–Trinajstić information content (AvgIpc) is 4.01. The highest BCUT2D eigenvalue weighted by molar-refractivity contribution is 6.20. The zero-order chi connectivity index (χ0) is 51.0. The predicted octanol–water partition coefficient (Wildman–Crippen LogP) is 18.8. The molecule has 360 valence electrons. The van der Waals surface area contributed by atoms with Crippen molar-refractivity contribution in [2.45, 2.75) is 55.4 Å². The molecule has 0 amide bonds. The van der Waals surface area contributed by atoms with E-state index >= 15 is 0 Å². The minimum atomic E-state index is 0.732. The molecule has 0 saturated heterocycles. The maximum absolute atomic E-state index is 7.09. The van der Waals surface area contributed by atoms with Crippen molar-refractivity contribution in [3.63, 3.8) is 0 Å². The van der Waals surface area contributed by atoms with Crippen molar-refractivity contribution in [3.05, 3.63) is 226 Å². The van der Waals surface area contributed by atoms with Gasteiger partial charge in [0.15, 0.2) is 0 Å². The lowest BCUT2D eigenvalue weighted by Gasteiger charge is -2.20. The summed E-state index contributed by atoms with van der Waals surface area (Å²) in [4.78, 5) is 10.9. The van der Waals surface area contributed by atoms with Crippen molar-refractivity contribution in [3.8, 4) is 56.0 Å². The molecule has 0 saturated carbocycles. The van der Waals surface area contributed by atoms with Gasteiger partial charge in [-0.05, 0) is 229 Å². The first-order valence-electron chi connectivity index (χ1n) is 26.1. The summed E-state index contributed by atoms with van der Waals surface area (Å²) in [6.45, 7) is 17.8. The van der Waals surface area contributed by atoms with Crippen LogP contribution < -0.4 is 4.74 Å². The molecule has 0 bridgehead atoms. The molecule has 75 heavy (non-hydrogen) atoms. The Balaban J connectivity index is 1.03. The van der Waals surface area contributed by atoms with Gasteiger partial charge in [0, 0.05) is 32.7 Å². The van der Waals surface area contributed by atoms with Gasteiger partial charge >= 0.3 is 0 Å². The monoisotopic (exact) mass is 966 g/mol. The fourth-order valence-electron chi connectivity index (χ4n) is 12.9. The minimum absolute atomic E-state index is 0.732. The first-order chi connectivity index (χ1) is 36.5. The van der Waals surface area contributed by atoms with E-state index in [0.717, 1.165) is 88.2 Å². The van der Waals surface area contributed by atoms with Gasteiger partial charge in [-0.3, -0.25) is 8.80 Å². The standard InChI is InChI=1S/C70H54N4O/c1-39-17-13-18-40(2)63(39)47-33-53-51-31-29-49(37-55(51)69-71-59-25-9-11-27-61(59)73(69)67(53)57(35-47)65-43(5)21-15-22-44(65)6)75-50-30-32-52-54-34-48(64-41(3)19-14-20-42(64)4)36-58(66-45(7)23-16-24-46(66)8)68(54)74-62-28-12-10-26-60(62)72-70(74)56(52)38-50/h9-38H,1-8H3. The maximum atomic E-state index is 7.09. The number of fused-ring (bicyclic) bond motifs is 16. The Morgan fingerprint density at radius 3 is 1.03 bits per heavy atom. The molecular weight excluding hydrogens is 913 g/mol. The van der Waals surface area contributed by atoms with Crippen LogP contribution in [-0.2, 0) is 0 Å². The van der Waals surface area contributed by atoms with Crippen molar-refractivity contribution < 1.29 is 4.74 Å². The number of nitrogens with zero attached hydrogens (tertiary/aromatic N) is 4. The maximum Gasteiger partial charge on any atom is 0.146 e. The summed E-state index contributed by atoms with van der Waals surface area (Å²) in [7, 11) is 0. The van der Waals surface area contributed by atoms with Crippen LogP contribution >= 0.6 is 0 Å². The SMILES string of the molecule is Cc1cccc(C)c1-c1cc(-c2c(C)cccc2C)c2c(c1)c1ccc(Oc3ccc4c(c3)c3nc5ccccc5n3c3c(-c5c(C)cccc5C)cc(-c5c(C)cccc5C)cc43)cc1c1nc3ccccc3n12. The number of imidazole rings is 2. The van der Waals surface area contributed by atoms with Gasteiger partial charge in [0.2, 0.25) is 0 Å². The van der Waals surface area contributed by atoms with Crippen LogP contribution in [0, 0.1) is 55.4 Å². The zero-order valence-electron chi connectivity index (χ0n) is 43.5. The van der Waals surface area contributed by atoms with Crippen LogP contribution in [0.1, 0.15) is 44.5 Å². The van der Waals surface area contributed by atoms with Crippen molar-refractivity contribution in [2.75, 3.05) is 0 Å². The second kappa shape index (κ2) is 16.7. The molecule has 10 aromatic carbocycles. The third-order valence-electron chi connectivity index (χ3n) is 16.1. The van der Waals surface area contributed by atoms with Gasteiger partial charge < -0.3 is 4.74 Å². The van der Waals surface area contributed by atoms with E-state index in [1.54, 1.807) is 0 Å². The van der Waals surface area contributed by atoms with Gasteiger partial charge in [-0.15, -0.1) is 0 Å². The minimum Gasteiger partial charge on any atom is -0.457 e. The fraction of sp³-hybridized carbons (Fsp3) is 0.114. The molecule has 14 aromatic rings. The lowest BCUT2D eigenvalue weighted by atomic mass is 9.87. The highest BCUT2D eigenvalue weighted by Gasteiger charge is 2.24. The van der Waals surface area contributed by atoms with Gasteiger partial charge in [-0.25, -0.2) is 9.97 Å². The van der Waals surface area contributed by atoms with Crippen LogP contribution in [-0.4, -0.2) is 18.8 Å². The van der Waals surface area contributed by atoms with Gasteiger partial charge in [0.25, 0.3) is 0 Å². The zero-order valence-corrected chi connectivity index (χ0v) is 43.5. The molecular formula is C70H54N4O. The van der Waals surface area contributed by atoms with Crippen molar-refractivity contribution >= 4 is 76.7 Å². The summed E-state index contributed by atoms with van der Waals surface area (Å²) in [6, 6.07) is 66.3. The van der Waals surface area contributed by atoms with E-state index < -0.39 is 0 Å². The van der Waals surface area contributed by atoms with E-state index in [1.807, 2.05) is 0 Å². The van der Waals surface area contributed by atoms with Crippen LogP contribution in [0.3, 0.4) is 0 Å². The number of rotatable bonds is 6. The number of aromatic nitrogens is 4. The molecule has 0 spiro atoms. The highest BCUT2D eigenvalue weighted by atomic mass is 16.5. The molecule has 14 rings (SSSR count). The fourth-order valence-corrected chi connectivity index (χ4v) is 12.9. The molecule has 4 heterocycles. The lowest BCUT2D eigenvalue weighted by molar-refractivity contribution is 0.484. The summed E-state index contributed by atoms with van der Waals surface area (Å²) < 4.78 is 11.9. The second-order valence-corrected chi connectivity index (χ2v) is 20.9. The summed E-state index contributed by atoms with van der Waals surface area (Å²) in [6.07, 6.45) is 0. The van der Waals surface area contributed by atoms with E-state index in [4.69, 9.17) is 14.7 Å². The van der Waals surface area contributed by atoms with E-state index in [-0.39, 0.29) is 0 Å². The van der Waals surface area contributed by atoms with Gasteiger partial charge in [-0.2, -0.15) is 0 Å². The third-order valence-corrected chi connectivity index (χ3v) is 16.1. The number of para-hydroxylation sites is 4. The molecule has 5 nitrogen and oxygen atoms in total.